The second kappa shape index (κ2) is 9.23. The average molecular weight is 347 g/mol. The van der Waals surface area contributed by atoms with Gasteiger partial charge in [-0.05, 0) is 69.2 Å². The Balaban J connectivity index is 2.06. The quantitative estimate of drug-likeness (QED) is 0.666. The number of benzene rings is 1. The van der Waals surface area contributed by atoms with Crippen molar-refractivity contribution in [1.82, 2.24) is 0 Å². The van der Waals surface area contributed by atoms with E-state index in [2.05, 4.69) is 19.2 Å². The van der Waals surface area contributed by atoms with Crippen molar-refractivity contribution in [2.75, 3.05) is 18.5 Å². The molecule has 1 aliphatic rings. The maximum atomic E-state index is 13.0. The number of carbonyl (C=O) groups excluding carboxylic acids is 1. The van der Waals surface area contributed by atoms with Crippen LogP contribution in [0.1, 0.15) is 64.9 Å². The van der Waals surface area contributed by atoms with Gasteiger partial charge in [-0.3, -0.25) is 4.79 Å². The molecular formula is C21H33NO3. The number of hydrogen-bond donors (Lipinski definition) is 1. The minimum Gasteiger partial charge on any atom is -0.493 e. The van der Waals surface area contributed by atoms with Gasteiger partial charge in [0, 0.05) is 12.3 Å². The summed E-state index contributed by atoms with van der Waals surface area (Å²) in [5.74, 6) is 1.39. The third-order valence-corrected chi connectivity index (χ3v) is 4.98. The third-order valence-electron chi connectivity index (χ3n) is 4.98. The maximum absolute atomic E-state index is 13.0. The molecule has 4 heteroatoms. The molecular weight excluding hydrogens is 314 g/mol. The zero-order chi connectivity index (χ0) is 18.3. The van der Waals surface area contributed by atoms with Crippen molar-refractivity contribution in [3.05, 3.63) is 23.8 Å². The fourth-order valence-electron chi connectivity index (χ4n) is 3.64. The number of carbonyl (C=O) groups is 1. The van der Waals surface area contributed by atoms with Gasteiger partial charge in [0.05, 0.1) is 6.61 Å². The lowest BCUT2D eigenvalue weighted by atomic mass is 9.78. The number of amides is 1. The van der Waals surface area contributed by atoms with E-state index in [1.807, 2.05) is 32.0 Å². The zero-order valence-electron chi connectivity index (χ0n) is 16.2. The van der Waals surface area contributed by atoms with Crippen LogP contribution in [0.3, 0.4) is 0 Å². The Hall–Kier alpha value is -1.55. The highest BCUT2D eigenvalue weighted by Crippen LogP contribution is 2.36. The fourth-order valence-corrected chi connectivity index (χ4v) is 3.64. The molecule has 0 radical (unpaired) electrons. The summed E-state index contributed by atoms with van der Waals surface area (Å²) in [5, 5.41) is 3.07. The molecule has 1 aliphatic carbocycles. The summed E-state index contributed by atoms with van der Waals surface area (Å²) in [4.78, 5) is 13.0. The number of nitrogens with one attached hydrogen (secondary N) is 1. The smallest absolute Gasteiger partial charge is 0.256 e. The van der Waals surface area contributed by atoms with E-state index >= 15 is 0 Å². The van der Waals surface area contributed by atoms with Crippen molar-refractivity contribution in [3.8, 4) is 5.75 Å². The van der Waals surface area contributed by atoms with E-state index in [0.29, 0.717) is 12.5 Å². The van der Waals surface area contributed by atoms with E-state index in [1.165, 1.54) is 6.42 Å². The molecule has 0 heterocycles. The molecule has 2 atom stereocenters. The van der Waals surface area contributed by atoms with E-state index in [1.54, 1.807) is 0 Å². The van der Waals surface area contributed by atoms with Crippen molar-refractivity contribution >= 4 is 11.6 Å². The van der Waals surface area contributed by atoms with Gasteiger partial charge < -0.3 is 14.8 Å². The van der Waals surface area contributed by atoms with Crippen LogP contribution in [0.4, 0.5) is 5.69 Å². The van der Waals surface area contributed by atoms with Crippen molar-refractivity contribution < 1.29 is 14.3 Å². The SMILES string of the molecule is CCCCOc1ccc(NC(=O)[C@@]2(OCC)CCC[C@H](C)C2)cc1C. The van der Waals surface area contributed by atoms with Crippen molar-refractivity contribution in [2.45, 2.75) is 71.8 Å². The van der Waals surface area contributed by atoms with Gasteiger partial charge in [0.2, 0.25) is 0 Å². The molecule has 140 valence electrons. The first kappa shape index (κ1) is 19.8. The Labute approximate surface area is 152 Å². The number of ether oxygens (including phenoxy) is 2. The van der Waals surface area contributed by atoms with Crippen LogP contribution in [0.2, 0.25) is 0 Å². The first-order chi connectivity index (χ1) is 12.0. The number of rotatable bonds is 8. The summed E-state index contributed by atoms with van der Waals surface area (Å²) < 4.78 is 11.7. The van der Waals surface area contributed by atoms with E-state index in [4.69, 9.17) is 9.47 Å². The molecule has 0 unspecified atom stereocenters. The van der Waals surface area contributed by atoms with Gasteiger partial charge in [-0.2, -0.15) is 0 Å². The molecule has 0 spiro atoms. The van der Waals surface area contributed by atoms with Gasteiger partial charge in [0.1, 0.15) is 11.4 Å². The molecule has 2 rings (SSSR count). The molecule has 0 aromatic heterocycles. The van der Waals surface area contributed by atoms with Crippen molar-refractivity contribution in [1.29, 1.82) is 0 Å². The Bertz CT molecular complexity index is 568. The first-order valence-electron chi connectivity index (χ1n) is 9.69. The largest absolute Gasteiger partial charge is 0.493 e. The summed E-state index contributed by atoms with van der Waals surface area (Å²) in [7, 11) is 0. The second-order valence-electron chi connectivity index (χ2n) is 7.27. The molecule has 0 bridgehead atoms. The fraction of sp³-hybridized carbons (Fsp3) is 0.667. The van der Waals surface area contributed by atoms with Crippen molar-refractivity contribution in [2.24, 2.45) is 5.92 Å². The number of anilines is 1. The summed E-state index contributed by atoms with van der Waals surface area (Å²) >= 11 is 0. The van der Waals surface area contributed by atoms with Crippen LogP contribution in [0, 0.1) is 12.8 Å². The average Bonchev–Trinajstić information content (AvgIpc) is 2.57. The molecule has 4 nitrogen and oxygen atoms in total. The summed E-state index contributed by atoms with van der Waals surface area (Å²) in [6, 6.07) is 5.83. The topological polar surface area (TPSA) is 47.6 Å². The molecule has 0 saturated heterocycles. The lowest BCUT2D eigenvalue weighted by Gasteiger charge is -2.38. The van der Waals surface area contributed by atoms with Crippen LogP contribution >= 0.6 is 0 Å². The molecule has 1 N–H and O–H groups in total. The number of aryl methyl sites for hydroxylation is 1. The van der Waals surface area contributed by atoms with Crippen molar-refractivity contribution in [3.63, 3.8) is 0 Å². The van der Waals surface area contributed by atoms with E-state index in [9.17, 15) is 4.79 Å². The molecule has 0 aliphatic heterocycles. The predicted molar refractivity (Wildman–Crippen MR) is 102 cm³/mol. The van der Waals surface area contributed by atoms with Gasteiger partial charge in [-0.1, -0.05) is 26.7 Å². The van der Waals surface area contributed by atoms with E-state index < -0.39 is 5.60 Å². The standard InChI is InChI=1S/C21H33NO3/c1-5-7-13-24-19-11-10-18(14-17(19)4)22-20(23)21(25-6-2)12-8-9-16(3)15-21/h10-11,14,16H,5-9,12-13,15H2,1-4H3,(H,22,23)/t16-,21+/m0/s1. The van der Waals surface area contributed by atoms with Crippen LogP contribution < -0.4 is 10.1 Å². The van der Waals surface area contributed by atoms with Gasteiger partial charge in [-0.25, -0.2) is 0 Å². The highest BCUT2D eigenvalue weighted by atomic mass is 16.5. The summed E-state index contributed by atoms with van der Waals surface area (Å²) in [5.41, 5.74) is 1.16. The lowest BCUT2D eigenvalue weighted by Crippen LogP contribution is -2.48. The Morgan fingerprint density at radius 1 is 1.36 bits per heavy atom. The minimum absolute atomic E-state index is 0.0139. The zero-order valence-corrected chi connectivity index (χ0v) is 16.2. The van der Waals surface area contributed by atoms with Gasteiger partial charge >= 0.3 is 0 Å². The van der Waals surface area contributed by atoms with Gasteiger partial charge in [-0.15, -0.1) is 0 Å². The van der Waals surface area contributed by atoms with Crippen LogP contribution in [0.15, 0.2) is 18.2 Å². The monoisotopic (exact) mass is 347 g/mol. The van der Waals surface area contributed by atoms with Crippen LogP contribution in [0.25, 0.3) is 0 Å². The van der Waals surface area contributed by atoms with Crippen LogP contribution in [-0.2, 0) is 9.53 Å². The summed E-state index contributed by atoms with van der Waals surface area (Å²) in [6.45, 7) is 9.61. The molecule has 25 heavy (non-hydrogen) atoms. The molecule has 1 saturated carbocycles. The van der Waals surface area contributed by atoms with Gasteiger partial charge in [0.15, 0.2) is 0 Å². The third kappa shape index (κ3) is 5.21. The Morgan fingerprint density at radius 2 is 2.16 bits per heavy atom. The minimum atomic E-state index is -0.684. The highest BCUT2D eigenvalue weighted by Gasteiger charge is 2.42. The predicted octanol–water partition coefficient (Wildman–Crippen LogP) is 5.10. The van der Waals surface area contributed by atoms with Crippen LogP contribution in [-0.4, -0.2) is 24.7 Å². The van der Waals surface area contributed by atoms with Crippen LogP contribution in [0.5, 0.6) is 5.75 Å². The van der Waals surface area contributed by atoms with E-state index in [0.717, 1.165) is 55.7 Å². The molecule has 1 aromatic carbocycles. The lowest BCUT2D eigenvalue weighted by molar-refractivity contribution is -0.147. The highest BCUT2D eigenvalue weighted by molar-refractivity contribution is 5.97. The van der Waals surface area contributed by atoms with E-state index in [-0.39, 0.29) is 5.91 Å². The molecule has 1 fully saturated rings. The first-order valence-corrected chi connectivity index (χ1v) is 9.69. The normalized spacial score (nSPS) is 23.3. The Kier molecular flexibility index (Phi) is 7.30. The maximum Gasteiger partial charge on any atom is 0.256 e. The molecule has 1 amide bonds. The summed E-state index contributed by atoms with van der Waals surface area (Å²) in [6.07, 6.45) is 5.97. The number of unbranched alkanes of at least 4 members (excludes halogenated alkanes) is 1. The number of hydrogen-bond acceptors (Lipinski definition) is 3. The van der Waals surface area contributed by atoms with Gasteiger partial charge in [0.25, 0.3) is 5.91 Å². The Morgan fingerprint density at radius 3 is 2.80 bits per heavy atom. The molecule has 1 aromatic rings. The second-order valence-corrected chi connectivity index (χ2v) is 7.27.